The summed E-state index contributed by atoms with van der Waals surface area (Å²) in [6, 6.07) is 14.3. The van der Waals surface area contributed by atoms with Crippen molar-refractivity contribution in [2.75, 3.05) is 13.1 Å². The molecule has 2 aromatic carbocycles. The van der Waals surface area contributed by atoms with Crippen molar-refractivity contribution in [1.82, 2.24) is 10.6 Å². The third kappa shape index (κ3) is 13.5. The van der Waals surface area contributed by atoms with E-state index in [9.17, 15) is 19.2 Å². The summed E-state index contributed by atoms with van der Waals surface area (Å²) in [7, 11) is 0. The molecular weight excluding hydrogens is 548 g/mol. The maximum Gasteiger partial charge on any atom is 0.239 e. The number of nitrogens with zero attached hydrogens (tertiary/aromatic N) is 1. The lowest BCUT2D eigenvalue weighted by molar-refractivity contribution is -0.133. The summed E-state index contributed by atoms with van der Waals surface area (Å²) >= 11 is 0. The van der Waals surface area contributed by atoms with Gasteiger partial charge in [0, 0.05) is 24.4 Å². The molecule has 0 bridgehead atoms. The molecule has 4 atom stereocenters. The van der Waals surface area contributed by atoms with Gasteiger partial charge in [-0.25, -0.2) is 0 Å². The smallest absolute Gasteiger partial charge is 0.239 e. The summed E-state index contributed by atoms with van der Waals surface area (Å²) < 4.78 is 32.1. The van der Waals surface area contributed by atoms with Gasteiger partial charge in [0.05, 0.1) is 12.1 Å². The normalized spacial score (nSPS) is 15.7. The highest BCUT2D eigenvalue weighted by Gasteiger charge is 2.30. The first-order valence-electron chi connectivity index (χ1n) is 16.1. The number of amides is 3. The number of Topliss-reactive ketones (excluding diaryl/α,β-unsaturated/α-hetero) is 1. The van der Waals surface area contributed by atoms with Gasteiger partial charge in [-0.2, -0.15) is 0 Å². The Kier molecular flexibility index (Phi) is 12.7. The molecule has 2 aromatic rings. The number of carbonyl (C=O) groups excluding carboxylic acids is 4. The quantitative estimate of drug-likeness (QED) is 0.0621. The van der Waals surface area contributed by atoms with Crippen LogP contribution in [0.2, 0.25) is 0 Å². The molecule has 0 radical (unpaired) electrons. The zero-order valence-electron chi connectivity index (χ0n) is 28.2. The summed E-state index contributed by atoms with van der Waals surface area (Å²) in [6.45, 7) is -0.486. The minimum absolute atomic E-state index is 0.0581. The van der Waals surface area contributed by atoms with Gasteiger partial charge < -0.3 is 39.3 Å². The third-order valence-corrected chi connectivity index (χ3v) is 6.62. The lowest BCUT2D eigenvalue weighted by atomic mass is 9.89. The maximum absolute atomic E-state index is 13.8. The standard InChI is InChI=1S/C31H46N8O4/c32-16-8-7-14-26(28(34)41)39-29(42)23(18-21-10-3-1-4-11-21)20-27(40)25(15-9-17-37-31(35)36)38-30(43)24(33)19-22-12-5-2-6-13-22/h1-6,10-13,23-26H,7-9,14-20,32-33H2,(H2,34,41)(H,38,43)(H,39,42)(H4,35,36,37)/t23-,24+,25-,26+/m1/s1/i7D2,8D2. The van der Waals surface area contributed by atoms with E-state index in [1.807, 2.05) is 30.3 Å². The van der Waals surface area contributed by atoms with Gasteiger partial charge in [0.1, 0.15) is 6.04 Å². The van der Waals surface area contributed by atoms with Crippen molar-refractivity contribution >= 4 is 29.5 Å². The molecule has 2 rings (SSSR count). The Hall–Kier alpha value is -4.29. The van der Waals surface area contributed by atoms with E-state index in [0.717, 1.165) is 5.56 Å². The molecule has 0 aliphatic rings. The van der Waals surface area contributed by atoms with Gasteiger partial charge in [-0.3, -0.25) is 24.2 Å². The number of benzene rings is 2. The highest BCUT2D eigenvalue weighted by Crippen LogP contribution is 2.17. The van der Waals surface area contributed by atoms with Gasteiger partial charge in [-0.15, -0.1) is 0 Å². The molecule has 0 aliphatic carbocycles. The van der Waals surface area contributed by atoms with Crippen LogP contribution in [0, 0.1) is 5.92 Å². The Balaban J connectivity index is 2.31. The first-order valence-corrected chi connectivity index (χ1v) is 14.1. The van der Waals surface area contributed by atoms with Crippen LogP contribution in [0.1, 0.15) is 55.0 Å². The summed E-state index contributed by atoms with van der Waals surface area (Å²) in [5.74, 6) is -4.12. The van der Waals surface area contributed by atoms with Crippen molar-refractivity contribution in [3.63, 3.8) is 0 Å². The van der Waals surface area contributed by atoms with Crippen LogP contribution in [0.5, 0.6) is 0 Å². The largest absolute Gasteiger partial charge is 0.370 e. The van der Waals surface area contributed by atoms with Crippen molar-refractivity contribution in [3.05, 3.63) is 71.8 Å². The minimum Gasteiger partial charge on any atom is -0.370 e. The number of carbonyl (C=O) groups is 4. The van der Waals surface area contributed by atoms with Crippen LogP contribution in [-0.2, 0) is 32.0 Å². The molecule has 0 aromatic heterocycles. The van der Waals surface area contributed by atoms with E-state index in [4.69, 9.17) is 34.2 Å². The number of nitrogens with one attached hydrogen (secondary N) is 2. The Morgan fingerprint density at radius 1 is 0.791 bits per heavy atom. The molecule has 0 heterocycles. The van der Waals surface area contributed by atoms with Crippen molar-refractivity contribution in [2.24, 2.45) is 39.6 Å². The minimum atomic E-state index is -2.62. The maximum atomic E-state index is 13.8. The second-order valence-electron chi connectivity index (χ2n) is 10.1. The number of hydrogen-bond acceptors (Lipinski definition) is 7. The fraction of sp³-hybridized carbons (Fsp3) is 0.452. The zero-order chi connectivity index (χ0) is 35.2. The van der Waals surface area contributed by atoms with E-state index < -0.39 is 73.3 Å². The number of aliphatic imine (C=N–C) groups is 1. The molecule has 234 valence electrons. The molecule has 12 nitrogen and oxygen atoms in total. The average molecular weight is 599 g/mol. The van der Waals surface area contributed by atoms with Crippen molar-refractivity contribution in [1.29, 1.82) is 0 Å². The van der Waals surface area contributed by atoms with Gasteiger partial charge >= 0.3 is 0 Å². The van der Waals surface area contributed by atoms with E-state index in [1.54, 1.807) is 30.3 Å². The monoisotopic (exact) mass is 598 g/mol. The third-order valence-electron chi connectivity index (χ3n) is 6.62. The lowest BCUT2D eigenvalue weighted by Gasteiger charge is -2.24. The highest BCUT2D eigenvalue weighted by molar-refractivity contribution is 5.94. The number of rotatable bonds is 20. The summed E-state index contributed by atoms with van der Waals surface area (Å²) in [4.78, 5) is 56.7. The predicted octanol–water partition coefficient (Wildman–Crippen LogP) is 0.0120. The lowest BCUT2D eigenvalue weighted by Crippen LogP contribution is -2.51. The van der Waals surface area contributed by atoms with Crippen LogP contribution in [0.3, 0.4) is 0 Å². The number of hydrogen-bond donors (Lipinski definition) is 7. The second kappa shape index (κ2) is 19.0. The first kappa shape index (κ1) is 28.8. The second-order valence-corrected chi connectivity index (χ2v) is 10.1. The molecule has 3 amide bonds. The van der Waals surface area contributed by atoms with Gasteiger partial charge in [0.25, 0.3) is 0 Å². The Morgan fingerprint density at radius 3 is 1.93 bits per heavy atom. The van der Waals surface area contributed by atoms with Gasteiger partial charge in [0.15, 0.2) is 11.7 Å². The van der Waals surface area contributed by atoms with Crippen LogP contribution >= 0.6 is 0 Å². The van der Waals surface area contributed by atoms with E-state index in [-0.39, 0.29) is 38.2 Å². The molecule has 0 unspecified atom stereocenters. The number of guanidine groups is 1. The van der Waals surface area contributed by atoms with Crippen LogP contribution in [0.4, 0.5) is 0 Å². The average Bonchev–Trinajstić information content (AvgIpc) is 3.02. The van der Waals surface area contributed by atoms with E-state index in [2.05, 4.69) is 15.6 Å². The Morgan fingerprint density at radius 2 is 1.37 bits per heavy atom. The zero-order valence-corrected chi connectivity index (χ0v) is 24.2. The molecule has 12 N–H and O–H groups in total. The fourth-order valence-corrected chi connectivity index (χ4v) is 4.36. The van der Waals surface area contributed by atoms with Crippen LogP contribution in [0.25, 0.3) is 0 Å². The fourth-order valence-electron chi connectivity index (χ4n) is 4.36. The van der Waals surface area contributed by atoms with Crippen LogP contribution in [-0.4, -0.2) is 60.7 Å². The van der Waals surface area contributed by atoms with Crippen LogP contribution in [0.15, 0.2) is 65.7 Å². The number of primary amides is 1. The molecule has 0 fully saturated rings. The molecule has 0 aliphatic heterocycles. The molecule has 43 heavy (non-hydrogen) atoms. The Labute approximate surface area is 258 Å². The number of nitrogens with two attached hydrogens (primary N) is 5. The first-order chi connectivity index (χ1) is 22.1. The molecular formula is C31H46N8O4. The molecule has 12 heteroatoms. The van der Waals surface area contributed by atoms with E-state index >= 15 is 0 Å². The highest BCUT2D eigenvalue weighted by atomic mass is 16.2. The molecule has 0 saturated carbocycles. The van der Waals surface area contributed by atoms with E-state index in [1.165, 1.54) is 0 Å². The summed E-state index contributed by atoms with van der Waals surface area (Å²) in [6.07, 6.45) is -5.55. The molecule has 0 spiro atoms. The topological polar surface area (TPSA) is 235 Å². The number of ketones is 1. The Bertz CT molecular complexity index is 1360. The van der Waals surface area contributed by atoms with Gasteiger partial charge in [0.2, 0.25) is 17.7 Å². The summed E-state index contributed by atoms with van der Waals surface area (Å²) in [5.41, 5.74) is 29.4. The van der Waals surface area contributed by atoms with Gasteiger partial charge in [-0.05, 0) is 62.5 Å². The SMILES string of the molecule is [2H]C([2H])(CN)C([2H])([2H])C[C@H](NC(=O)[C@@H](CC(=O)[C@@H](CCCN=C(N)N)NC(=O)[C@@H](N)Cc1ccccc1)Cc1ccccc1)C(N)=O. The molecule has 0 saturated heterocycles. The van der Waals surface area contributed by atoms with Crippen LogP contribution < -0.4 is 39.3 Å². The van der Waals surface area contributed by atoms with E-state index in [0.29, 0.717) is 12.0 Å². The van der Waals surface area contributed by atoms with Gasteiger partial charge in [-0.1, -0.05) is 60.7 Å². The summed E-state index contributed by atoms with van der Waals surface area (Å²) in [5, 5.41) is 5.13. The van der Waals surface area contributed by atoms with Crippen molar-refractivity contribution in [2.45, 2.75) is 69.4 Å². The van der Waals surface area contributed by atoms with Crippen molar-refractivity contribution in [3.8, 4) is 0 Å². The van der Waals surface area contributed by atoms with Crippen molar-refractivity contribution < 1.29 is 24.7 Å². The predicted molar refractivity (Wildman–Crippen MR) is 167 cm³/mol.